The van der Waals surface area contributed by atoms with E-state index in [1.54, 1.807) is 0 Å². The predicted molar refractivity (Wildman–Crippen MR) is 87.6 cm³/mol. The highest BCUT2D eigenvalue weighted by Gasteiger charge is 2.45. The summed E-state index contributed by atoms with van der Waals surface area (Å²) in [6.07, 6.45) is 3.97. The number of carbonyl (C=O) groups excluding carboxylic acids is 1. The fraction of sp³-hybridized carbons (Fsp3) is 0.941. The van der Waals surface area contributed by atoms with Gasteiger partial charge in [0.05, 0.1) is 6.61 Å². The summed E-state index contributed by atoms with van der Waals surface area (Å²) in [5.74, 6) is 0. The Morgan fingerprint density at radius 1 is 1.19 bits per heavy atom. The third-order valence-corrected chi connectivity index (χ3v) is 4.98. The molecule has 4 heteroatoms. The van der Waals surface area contributed by atoms with Gasteiger partial charge in [-0.05, 0) is 60.9 Å². The average Bonchev–Trinajstić information content (AvgIpc) is 2.36. The van der Waals surface area contributed by atoms with Crippen LogP contribution >= 0.6 is 0 Å². The molecule has 0 saturated carbocycles. The topological polar surface area (TPSA) is 32.8 Å². The number of amides is 1. The summed E-state index contributed by atoms with van der Waals surface area (Å²) >= 11 is 0. The molecule has 0 atom stereocenters. The summed E-state index contributed by atoms with van der Waals surface area (Å²) in [5.41, 5.74) is 0.173. The zero-order valence-electron chi connectivity index (χ0n) is 15.0. The number of likely N-dealkylation sites (tertiary alicyclic amines) is 1. The lowest BCUT2D eigenvalue weighted by atomic mass is 9.77. The number of nitrogens with zero attached hydrogens (tertiary/aromatic N) is 2. The van der Waals surface area contributed by atoms with Gasteiger partial charge in [-0.15, -0.1) is 0 Å². The van der Waals surface area contributed by atoms with Crippen molar-refractivity contribution >= 4 is 6.09 Å². The molecule has 4 nitrogen and oxygen atoms in total. The Kier molecular flexibility index (Phi) is 6.09. The third kappa shape index (κ3) is 4.35. The van der Waals surface area contributed by atoms with E-state index in [-0.39, 0.29) is 23.2 Å². The summed E-state index contributed by atoms with van der Waals surface area (Å²) in [4.78, 5) is 16.8. The Bertz CT molecular complexity index is 335. The standard InChI is InChI=1S/C17H34N2O2/c1-8-10-11-19(15(20)21-9-2)14-12-16(3,4)18(7)17(5,6)13-14/h14H,8-13H2,1-7H3. The van der Waals surface area contributed by atoms with E-state index in [9.17, 15) is 4.79 Å². The number of piperidine rings is 1. The zero-order valence-corrected chi connectivity index (χ0v) is 15.0. The molecule has 0 bridgehead atoms. The van der Waals surface area contributed by atoms with Crippen molar-refractivity contribution < 1.29 is 9.53 Å². The molecule has 124 valence electrons. The highest BCUT2D eigenvalue weighted by Crippen LogP contribution is 2.39. The molecule has 1 rings (SSSR count). The lowest BCUT2D eigenvalue weighted by molar-refractivity contribution is -0.0451. The molecule has 0 aromatic heterocycles. The first kappa shape index (κ1) is 18.3. The van der Waals surface area contributed by atoms with Crippen molar-refractivity contribution in [3.8, 4) is 0 Å². The Hall–Kier alpha value is -0.770. The van der Waals surface area contributed by atoms with Crippen LogP contribution in [0.3, 0.4) is 0 Å². The molecule has 0 radical (unpaired) electrons. The molecule has 0 spiro atoms. The van der Waals surface area contributed by atoms with Crippen LogP contribution in [0.2, 0.25) is 0 Å². The molecule has 21 heavy (non-hydrogen) atoms. The Morgan fingerprint density at radius 3 is 2.14 bits per heavy atom. The summed E-state index contributed by atoms with van der Waals surface area (Å²) in [5, 5.41) is 0. The van der Waals surface area contributed by atoms with Gasteiger partial charge in [-0.25, -0.2) is 4.79 Å². The molecule has 0 aliphatic carbocycles. The first-order valence-corrected chi connectivity index (χ1v) is 8.33. The Balaban J connectivity index is 2.93. The van der Waals surface area contributed by atoms with Crippen LogP contribution in [-0.2, 0) is 4.74 Å². The third-order valence-electron chi connectivity index (χ3n) is 4.98. The van der Waals surface area contributed by atoms with Gasteiger partial charge in [0.25, 0.3) is 0 Å². The van der Waals surface area contributed by atoms with E-state index >= 15 is 0 Å². The van der Waals surface area contributed by atoms with Gasteiger partial charge in [0.2, 0.25) is 0 Å². The quantitative estimate of drug-likeness (QED) is 0.772. The minimum Gasteiger partial charge on any atom is -0.450 e. The van der Waals surface area contributed by atoms with Gasteiger partial charge in [-0.3, -0.25) is 4.90 Å². The van der Waals surface area contributed by atoms with Gasteiger partial charge < -0.3 is 9.64 Å². The van der Waals surface area contributed by atoms with Crippen molar-refractivity contribution in [2.75, 3.05) is 20.2 Å². The van der Waals surface area contributed by atoms with Crippen LogP contribution in [0.15, 0.2) is 0 Å². The van der Waals surface area contributed by atoms with Gasteiger partial charge in [0.1, 0.15) is 0 Å². The predicted octanol–water partition coefficient (Wildman–Crippen LogP) is 3.90. The monoisotopic (exact) mass is 298 g/mol. The van der Waals surface area contributed by atoms with Crippen LogP contribution in [0.4, 0.5) is 4.79 Å². The van der Waals surface area contributed by atoms with E-state index in [1.165, 1.54) is 0 Å². The number of ether oxygens (including phenoxy) is 1. The van der Waals surface area contributed by atoms with Crippen molar-refractivity contribution in [1.29, 1.82) is 0 Å². The van der Waals surface area contributed by atoms with Crippen molar-refractivity contribution in [1.82, 2.24) is 9.80 Å². The summed E-state index contributed by atoms with van der Waals surface area (Å²) in [6, 6.07) is 0.261. The van der Waals surface area contributed by atoms with Crippen LogP contribution in [0.25, 0.3) is 0 Å². The molecule has 0 aromatic rings. The minimum atomic E-state index is -0.146. The van der Waals surface area contributed by atoms with Crippen LogP contribution in [-0.4, -0.2) is 53.2 Å². The number of hydrogen-bond donors (Lipinski definition) is 0. The molecular formula is C17H34N2O2. The summed E-state index contributed by atoms with van der Waals surface area (Å²) < 4.78 is 5.29. The molecular weight excluding hydrogens is 264 g/mol. The summed E-state index contributed by atoms with van der Waals surface area (Å²) in [7, 11) is 2.19. The second kappa shape index (κ2) is 6.99. The molecule has 1 heterocycles. The Labute approximate surface area is 130 Å². The van der Waals surface area contributed by atoms with Crippen molar-refractivity contribution in [3.63, 3.8) is 0 Å². The second-order valence-corrected chi connectivity index (χ2v) is 7.49. The lowest BCUT2D eigenvalue weighted by Gasteiger charge is -2.55. The van der Waals surface area contributed by atoms with E-state index < -0.39 is 0 Å². The zero-order chi connectivity index (χ0) is 16.3. The van der Waals surface area contributed by atoms with E-state index in [0.29, 0.717) is 6.61 Å². The molecule has 0 N–H and O–H groups in total. The van der Waals surface area contributed by atoms with Crippen molar-refractivity contribution in [2.45, 2.75) is 84.3 Å². The van der Waals surface area contributed by atoms with Gasteiger partial charge in [0, 0.05) is 23.7 Å². The van der Waals surface area contributed by atoms with E-state index in [2.05, 4.69) is 46.6 Å². The van der Waals surface area contributed by atoms with E-state index in [4.69, 9.17) is 4.74 Å². The molecule has 1 aliphatic heterocycles. The van der Waals surface area contributed by atoms with Gasteiger partial charge >= 0.3 is 6.09 Å². The molecule has 0 unspecified atom stereocenters. The number of unbranched alkanes of at least 4 members (excludes halogenated alkanes) is 1. The molecule has 1 fully saturated rings. The van der Waals surface area contributed by atoms with E-state index in [0.717, 1.165) is 32.2 Å². The summed E-state index contributed by atoms with van der Waals surface area (Å²) in [6.45, 7) is 14.4. The van der Waals surface area contributed by atoms with Gasteiger partial charge in [-0.1, -0.05) is 13.3 Å². The highest BCUT2D eigenvalue weighted by atomic mass is 16.6. The van der Waals surface area contributed by atoms with Crippen LogP contribution < -0.4 is 0 Å². The normalized spacial score (nSPS) is 22.0. The fourth-order valence-electron chi connectivity index (χ4n) is 3.50. The molecule has 1 aliphatic rings. The van der Waals surface area contributed by atoms with Crippen molar-refractivity contribution in [3.05, 3.63) is 0 Å². The largest absolute Gasteiger partial charge is 0.450 e. The number of hydrogen-bond acceptors (Lipinski definition) is 3. The smallest absolute Gasteiger partial charge is 0.409 e. The maximum Gasteiger partial charge on any atom is 0.409 e. The number of carbonyl (C=O) groups is 1. The van der Waals surface area contributed by atoms with Gasteiger partial charge in [0.15, 0.2) is 0 Å². The Morgan fingerprint density at radius 2 is 1.71 bits per heavy atom. The highest BCUT2D eigenvalue weighted by molar-refractivity contribution is 5.68. The SMILES string of the molecule is CCCCN(C(=O)OCC)C1CC(C)(C)N(C)C(C)(C)C1. The van der Waals surface area contributed by atoms with Gasteiger partial charge in [-0.2, -0.15) is 0 Å². The lowest BCUT2D eigenvalue weighted by Crippen LogP contribution is -2.63. The van der Waals surface area contributed by atoms with Crippen LogP contribution in [0, 0.1) is 0 Å². The van der Waals surface area contributed by atoms with Crippen LogP contribution in [0.5, 0.6) is 0 Å². The maximum atomic E-state index is 12.3. The number of rotatable bonds is 5. The second-order valence-electron chi connectivity index (χ2n) is 7.49. The molecule has 1 saturated heterocycles. The minimum absolute atomic E-state index is 0.0867. The maximum absolute atomic E-state index is 12.3. The average molecular weight is 298 g/mol. The first-order chi connectivity index (χ1) is 9.65. The first-order valence-electron chi connectivity index (χ1n) is 8.33. The van der Waals surface area contributed by atoms with Crippen LogP contribution in [0.1, 0.15) is 67.2 Å². The molecule has 1 amide bonds. The van der Waals surface area contributed by atoms with Crippen molar-refractivity contribution in [2.24, 2.45) is 0 Å². The fourth-order valence-corrected chi connectivity index (χ4v) is 3.50. The van der Waals surface area contributed by atoms with E-state index in [1.807, 2.05) is 11.8 Å². The molecule has 0 aromatic carbocycles.